The molecular weight excluding hydrogens is 615 g/mol. The fraction of sp³-hybridized carbons (Fsp3) is 0.320. The quantitative estimate of drug-likeness (QED) is 0.182. The van der Waals surface area contributed by atoms with Gasteiger partial charge in [-0.3, -0.25) is 0 Å². The molecule has 1 nitrogen and oxygen atoms in total. The van der Waals surface area contributed by atoms with Gasteiger partial charge in [0.05, 0.1) is 5.69 Å². The van der Waals surface area contributed by atoms with Gasteiger partial charge in [-0.15, -0.1) is 0 Å². The SMILES string of the molecule is CCC1CC2CCCC(C1)C21c2ccccc2-c2cc(N(c3ccc4c(c3)C3(CCCC3)c3ccccc3-4)c3cccc4ccccc34)ccc21. The van der Waals surface area contributed by atoms with Gasteiger partial charge in [-0.05, 0) is 137 Å². The van der Waals surface area contributed by atoms with Crippen LogP contribution in [0.25, 0.3) is 33.0 Å². The lowest BCUT2D eigenvalue weighted by Gasteiger charge is -2.55. The molecule has 3 saturated carbocycles. The Morgan fingerprint density at radius 3 is 1.98 bits per heavy atom. The molecule has 252 valence electrons. The topological polar surface area (TPSA) is 3.24 Å². The molecule has 0 amide bonds. The molecule has 6 aromatic rings. The molecule has 0 N–H and O–H groups in total. The molecule has 5 aliphatic carbocycles. The number of benzene rings is 6. The van der Waals surface area contributed by atoms with E-state index in [9.17, 15) is 0 Å². The van der Waals surface area contributed by atoms with Crippen LogP contribution >= 0.6 is 0 Å². The van der Waals surface area contributed by atoms with Gasteiger partial charge < -0.3 is 4.90 Å². The monoisotopic (exact) mass is 661 g/mol. The summed E-state index contributed by atoms with van der Waals surface area (Å²) in [6.45, 7) is 2.43. The number of nitrogens with zero attached hydrogens (tertiary/aromatic N) is 1. The first-order valence-corrected chi connectivity index (χ1v) is 20.0. The van der Waals surface area contributed by atoms with Crippen molar-refractivity contribution in [3.05, 3.63) is 150 Å². The molecule has 5 aliphatic rings. The number of hydrogen-bond donors (Lipinski definition) is 0. The smallest absolute Gasteiger partial charge is 0.0540 e. The summed E-state index contributed by atoms with van der Waals surface area (Å²) in [6.07, 6.45) is 13.3. The lowest BCUT2D eigenvalue weighted by Crippen LogP contribution is -2.49. The predicted molar refractivity (Wildman–Crippen MR) is 213 cm³/mol. The number of anilines is 3. The summed E-state index contributed by atoms with van der Waals surface area (Å²) >= 11 is 0. The largest absolute Gasteiger partial charge is 0.310 e. The lowest BCUT2D eigenvalue weighted by molar-refractivity contribution is 0.0492. The summed E-state index contributed by atoms with van der Waals surface area (Å²) < 4.78 is 0. The molecule has 0 aromatic heterocycles. The number of rotatable bonds is 4. The molecule has 0 heterocycles. The average molecular weight is 662 g/mol. The fourth-order valence-electron chi connectivity index (χ4n) is 12.5. The van der Waals surface area contributed by atoms with Gasteiger partial charge in [-0.2, -0.15) is 0 Å². The van der Waals surface area contributed by atoms with E-state index in [0.29, 0.717) is 0 Å². The van der Waals surface area contributed by atoms with E-state index in [4.69, 9.17) is 0 Å². The highest BCUT2D eigenvalue weighted by atomic mass is 15.1. The van der Waals surface area contributed by atoms with Crippen molar-refractivity contribution in [2.24, 2.45) is 17.8 Å². The van der Waals surface area contributed by atoms with E-state index in [1.54, 1.807) is 16.7 Å². The first kappa shape index (κ1) is 30.0. The molecular formula is C50H47N. The Balaban J connectivity index is 1.13. The molecule has 0 saturated heterocycles. The molecule has 2 atom stereocenters. The normalized spacial score (nSPS) is 24.8. The summed E-state index contributed by atoms with van der Waals surface area (Å²) in [6, 6.07) is 49.7. The highest BCUT2D eigenvalue weighted by molar-refractivity contribution is 6.00. The highest BCUT2D eigenvalue weighted by Crippen LogP contribution is 2.66. The Bertz CT molecular complexity index is 2320. The van der Waals surface area contributed by atoms with E-state index in [-0.39, 0.29) is 10.8 Å². The standard InChI is InChI=1S/C50H47N/c1-2-33-29-35-15-12-16-36(30-33)50(35)45-21-8-6-19-41(45)43-31-37(24-26-46(43)50)51(48-22-11-14-34-13-3-4-17-39(34)48)38-23-25-42-40-18-5-7-20-44(40)49(47(42)32-38)27-9-10-28-49/h3-8,11,13-14,17-26,31-33,35-36H,2,9-10,12,15-16,27-30H2,1H3. The van der Waals surface area contributed by atoms with Crippen LogP contribution in [0.1, 0.15) is 93.4 Å². The van der Waals surface area contributed by atoms with Crippen LogP contribution in [0, 0.1) is 17.8 Å². The Morgan fingerprint density at radius 2 is 1.18 bits per heavy atom. The lowest BCUT2D eigenvalue weighted by atomic mass is 9.49. The van der Waals surface area contributed by atoms with Crippen molar-refractivity contribution < 1.29 is 0 Å². The Morgan fingerprint density at radius 1 is 0.549 bits per heavy atom. The van der Waals surface area contributed by atoms with Crippen molar-refractivity contribution in [2.75, 3.05) is 4.90 Å². The van der Waals surface area contributed by atoms with Gasteiger partial charge in [0.1, 0.15) is 0 Å². The second-order valence-electron chi connectivity index (χ2n) is 16.6. The minimum Gasteiger partial charge on any atom is -0.310 e. The molecule has 2 unspecified atom stereocenters. The first-order valence-electron chi connectivity index (χ1n) is 20.0. The van der Waals surface area contributed by atoms with Gasteiger partial charge in [0.25, 0.3) is 0 Å². The van der Waals surface area contributed by atoms with Crippen molar-refractivity contribution in [3.63, 3.8) is 0 Å². The average Bonchev–Trinajstić information content (AvgIpc) is 3.86. The van der Waals surface area contributed by atoms with E-state index >= 15 is 0 Å². The van der Waals surface area contributed by atoms with Gasteiger partial charge in [0, 0.05) is 27.6 Å². The summed E-state index contributed by atoms with van der Waals surface area (Å²) in [4.78, 5) is 2.59. The van der Waals surface area contributed by atoms with Crippen LogP contribution in [0.3, 0.4) is 0 Å². The van der Waals surface area contributed by atoms with Crippen LogP contribution < -0.4 is 4.90 Å². The molecule has 1 heteroatoms. The van der Waals surface area contributed by atoms with Gasteiger partial charge in [-0.25, -0.2) is 0 Å². The third-order valence-corrected chi connectivity index (χ3v) is 14.6. The Labute approximate surface area is 303 Å². The fourth-order valence-corrected chi connectivity index (χ4v) is 12.5. The molecule has 3 fully saturated rings. The maximum absolute atomic E-state index is 2.59. The zero-order valence-electron chi connectivity index (χ0n) is 29.9. The maximum atomic E-state index is 2.59. The van der Waals surface area contributed by atoms with Crippen molar-refractivity contribution in [3.8, 4) is 22.3 Å². The predicted octanol–water partition coefficient (Wildman–Crippen LogP) is 13.7. The molecule has 11 rings (SSSR count). The Hall–Kier alpha value is -4.62. The maximum Gasteiger partial charge on any atom is 0.0540 e. The first-order chi connectivity index (χ1) is 25.2. The van der Waals surface area contributed by atoms with Crippen molar-refractivity contribution in [2.45, 2.75) is 82.0 Å². The zero-order chi connectivity index (χ0) is 33.7. The van der Waals surface area contributed by atoms with Crippen LogP contribution in [-0.2, 0) is 10.8 Å². The number of hydrogen-bond acceptors (Lipinski definition) is 1. The molecule has 51 heavy (non-hydrogen) atoms. The van der Waals surface area contributed by atoms with E-state index in [2.05, 4.69) is 139 Å². The third-order valence-electron chi connectivity index (χ3n) is 14.6. The van der Waals surface area contributed by atoms with E-state index < -0.39 is 0 Å². The van der Waals surface area contributed by atoms with Crippen molar-refractivity contribution in [1.29, 1.82) is 0 Å². The molecule has 0 aliphatic heterocycles. The minimum atomic E-state index is 0.130. The van der Waals surface area contributed by atoms with Crippen molar-refractivity contribution >= 4 is 27.8 Å². The highest BCUT2D eigenvalue weighted by Gasteiger charge is 2.57. The van der Waals surface area contributed by atoms with Gasteiger partial charge in [0.2, 0.25) is 0 Å². The summed E-state index contributed by atoms with van der Waals surface area (Å²) in [5.41, 5.74) is 16.2. The van der Waals surface area contributed by atoms with Crippen LogP contribution in [0.2, 0.25) is 0 Å². The van der Waals surface area contributed by atoms with E-state index in [1.807, 2.05) is 0 Å². The Kier molecular flexibility index (Phi) is 6.59. The van der Waals surface area contributed by atoms with E-state index in [0.717, 1.165) is 17.8 Å². The minimum absolute atomic E-state index is 0.130. The summed E-state index contributed by atoms with van der Waals surface area (Å²) in [5, 5.41) is 2.58. The van der Waals surface area contributed by atoms with Crippen LogP contribution in [0.5, 0.6) is 0 Å². The second-order valence-corrected chi connectivity index (χ2v) is 16.6. The van der Waals surface area contributed by atoms with Crippen LogP contribution in [0.15, 0.2) is 127 Å². The van der Waals surface area contributed by atoms with Crippen LogP contribution in [-0.4, -0.2) is 0 Å². The molecule has 0 radical (unpaired) electrons. The van der Waals surface area contributed by atoms with Crippen LogP contribution in [0.4, 0.5) is 17.1 Å². The molecule has 6 aromatic carbocycles. The molecule has 2 bridgehead atoms. The molecule has 2 spiro atoms. The third kappa shape index (κ3) is 4.04. The summed E-state index contributed by atoms with van der Waals surface area (Å²) in [5.74, 6) is 2.34. The zero-order valence-corrected chi connectivity index (χ0v) is 29.9. The number of fused-ring (bicyclic) bond motifs is 9. The van der Waals surface area contributed by atoms with Gasteiger partial charge in [0.15, 0.2) is 0 Å². The van der Waals surface area contributed by atoms with Crippen molar-refractivity contribution in [1.82, 2.24) is 0 Å². The second kappa shape index (κ2) is 11.2. The summed E-state index contributed by atoms with van der Waals surface area (Å²) in [7, 11) is 0. The van der Waals surface area contributed by atoms with Gasteiger partial charge >= 0.3 is 0 Å². The van der Waals surface area contributed by atoms with E-state index in [1.165, 1.54) is 120 Å². The van der Waals surface area contributed by atoms with Gasteiger partial charge in [-0.1, -0.05) is 130 Å².